The van der Waals surface area contributed by atoms with Gasteiger partial charge in [-0.05, 0) is 62.4 Å². The molecule has 0 aromatic carbocycles. The molecule has 2 rings (SSSR count). The topological polar surface area (TPSA) is 15.3 Å². The molecule has 2 heteroatoms. The van der Waals surface area contributed by atoms with Gasteiger partial charge in [0.05, 0.1) is 0 Å². The first-order chi connectivity index (χ1) is 10.1. The number of nitrogens with one attached hydrogen (secondary N) is 1. The second kappa shape index (κ2) is 7.97. The Hall–Kier alpha value is -0.0800. The van der Waals surface area contributed by atoms with E-state index in [9.17, 15) is 0 Å². The number of rotatable bonds is 6. The lowest BCUT2D eigenvalue weighted by atomic mass is 9.67. The average Bonchev–Trinajstić information content (AvgIpc) is 2.46. The van der Waals surface area contributed by atoms with Gasteiger partial charge in [0.15, 0.2) is 0 Å². The zero-order valence-electron chi connectivity index (χ0n) is 15.0. The molecule has 1 aliphatic carbocycles. The molecule has 0 bridgehead atoms. The van der Waals surface area contributed by atoms with Gasteiger partial charge in [-0.1, -0.05) is 40.5 Å². The third-order valence-electron chi connectivity index (χ3n) is 6.00. The Labute approximate surface area is 133 Å². The summed E-state index contributed by atoms with van der Waals surface area (Å²) >= 11 is 0. The first-order valence-electron chi connectivity index (χ1n) is 9.52. The van der Waals surface area contributed by atoms with Gasteiger partial charge in [-0.3, -0.25) is 0 Å². The molecule has 0 aromatic heterocycles. The van der Waals surface area contributed by atoms with Gasteiger partial charge >= 0.3 is 0 Å². The molecule has 2 fully saturated rings. The molecule has 1 saturated heterocycles. The van der Waals surface area contributed by atoms with Crippen molar-refractivity contribution in [3.05, 3.63) is 0 Å². The van der Waals surface area contributed by atoms with E-state index < -0.39 is 0 Å². The molecule has 2 aliphatic rings. The average molecular weight is 295 g/mol. The zero-order chi connectivity index (χ0) is 15.3. The van der Waals surface area contributed by atoms with Crippen LogP contribution in [0.2, 0.25) is 0 Å². The van der Waals surface area contributed by atoms with E-state index in [0.29, 0.717) is 11.5 Å². The van der Waals surface area contributed by atoms with Gasteiger partial charge < -0.3 is 10.2 Å². The summed E-state index contributed by atoms with van der Waals surface area (Å²) in [5, 5.41) is 3.90. The summed E-state index contributed by atoms with van der Waals surface area (Å²) in [7, 11) is 0. The maximum Gasteiger partial charge on any atom is 0.0159 e. The SMILES string of the molecule is CCCNC1C(CN2CCCC(CC)C2)CCCC1(C)C. The molecule has 1 N–H and O–H groups in total. The first-order valence-corrected chi connectivity index (χ1v) is 9.52. The molecule has 21 heavy (non-hydrogen) atoms. The second-order valence-corrected chi connectivity index (χ2v) is 8.25. The minimum atomic E-state index is 0.470. The van der Waals surface area contributed by atoms with Crippen LogP contribution < -0.4 is 5.32 Å². The van der Waals surface area contributed by atoms with Crippen LogP contribution in [0.5, 0.6) is 0 Å². The van der Waals surface area contributed by atoms with E-state index in [1.807, 2.05) is 0 Å². The first kappa shape index (κ1) is 17.3. The lowest BCUT2D eigenvalue weighted by Gasteiger charge is -2.47. The van der Waals surface area contributed by atoms with Crippen molar-refractivity contribution in [3.8, 4) is 0 Å². The Bertz CT molecular complexity index is 300. The fourth-order valence-corrected chi connectivity index (χ4v) is 4.70. The van der Waals surface area contributed by atoms with Gasteiger partial charge in [-0.2, -0.15) is 0 Å². The van der Waals surface area contributed by atoms with E-state index in [1.54, 1.807) is 0 Å². The highest BCUT2D eigenvalue weighted by Crippen LogP contribution is 2.39. The van der Waals surface area contributed by atoms with Gasteiger partial charge in [0, 0.05) is 19.1 Å². The largest absolute Gasteiger partial charge is 0.313 e. The molecule has 2 nitrogen and oxygen atoms in total. The Morgan fingerprint density at radius 2 is 1.95 bits per heavy atom. The molecule has 1 heterocycles. The third kappa shape index (κ3) is 4.69. The summed E-state index contributed by atoms with van der Waals surface area (Å²) in [6, 6.07) is 0.716. The van der Waals surface area contributed by atoms with E-state index in [0.717, 1.165) is 11.8 Å². The van der Waals surface area contributed by atoms with E-state index in [2.05, 4.69) is 37.9 Å². The molecule has 0 radical (unpaired) electrons. The van der Waals surface area contributed by atoms with Crippen LogP contribution in [0.1, 0.15) is 72.6 Å². The van der Waals surface area contributed by atoms with Crippen LogP contribution in [0.25, 0.3) is 0 Å². The Balaban J connectivity index is 1.95. The van der Waals surface area contributed by atoms with E-state index in [4.69, 9.17) is 0 Å². The van der Waals surface area contributed by atoms with Crippen molar-refractivity contribution in [2.24, 2.45) is 17.3 Å². The second-order valence-electron chi connectivity index (χ2n) is 8.25. The predicted molar refractivity (Wildman–Crippen MR) is 92.7 cm³/mol. The molecule has 1 aliphatic heterocycles. The highest BCUT2D eigenvalue weighted by Gasteiger charge is 2.39. The summed E-state index contributed by atoms with van der Waals surface area (Å²) in [6.07, 6.45) is 9.74. The molecular formula is C19H38N2. The van der Waals surface area contributed by atoms with Crippen molar-refractivity contribution >= 4 is 0 Å². The normalized spacial score (nSPS) is 34.0. The summed E-state index contributed by atoms with van der Waals surface area (Å²) in [5.74, 6) is 1.81. The summed E-state index contributed by atoms with van der Waals surface area (Å²) in [5.41, 5.74) is 0.470. The van der Waals surface area contributed by atoms with Crippen LogP contribution >= 0.6 is 0 Å². The van der Waals surface area contributed by atoms with Gasteiger partial charge in [0.1, 0.15) is 0 Å². The van der Waals surface area contributed by atoms with Crippen molar-refractivity contribution in [1.82, 2.24) is 10.2 Å². The minimum Gasteiger partial charge on any atom is -0.313 e. The number of piperidine rings is 1. The van der Waals surface area contributed by atoms with Crippen LogP contribution in [0.4, 0.5) is 0 Å². The Kier molecular flexibility index (Phi) is 6.55. The van der Waals surface area contributed by atoms with E-state index in [1.165, 1.54) is 71.1 Å². The smallest absolute Gasteiger partial charge is 0.0159 e. The van der Waals surface area contributed by atoms with Gasteiger partial charge in [-0.15, -0.1) is 0 Å². The fraction of sp³-hybridized carbons (Fsp3) is 1.00. The molecule has 0 spiro atoms. The van der Waals surface area contributed by atoms with Crippen molar-refractivity contribution < 1.29 is 0 Å². The molecule has 3 unspecified atom stereocenters. The van der Waals surface area contributed by atoms with Crippen LogP contribution in [0, 0.1) is 17.3 Å². The van der Waals surface area contributed by atoms with Gasteiger partial charge in [0.25, 0.3) is 0 Å². The zero-order valence-corrected chi connectivity index (χ0v) is 15.0. The Morgan fingerprint density at radius 1 is 1.14 bits per heavy atom. The minimum absolute atomic E-state index is 0.470. The van der Waals surface area contributed by atoms with Crippen LogP contribution in [-0.4, -0.2) is 37.1 Å². The quantitative estimate of drug-likeness (QED) is 0.785. The van der Waals surface area contributed by atoms with E-state index in [-0.39, 0.29) is 0 Å². The van der Waals surface area contributed by atoms with Gasteiger partial charge in [0.2, 0.25) is 0 Å². The molecule has 0 aromatic rings. The number of hydrogen-bond donors (Lipinski definition) is 1. The maximum atomic E-state index is 3.90. The summed E-state index contributed by atoms with van der Waals surface area (Å²) in [4.78, 5) is 2.78. The molecule has 0 amide bonds. The molecule has 3 atom stereocenters. The number of nitrogens with zero attached hydrogens (tertiary/aromatic N) is 1. The number of likely N-dealkylation sites (tertiary alicyclic amines) is 1. The summed E-state index contributed by atoms with van der Waals surface area (Å²) < 4.78 is 0. The van der Waals surface area contributed by atoms with Crippen LogP contribution in [0.15, 0.2) is 0 Å². The summed E-state index contributed by atoms with van der Waals surface area (Å²) in [6.45, 7) is 14.8. The monoisotopic (exact) mass is 294 g/mol. The van der Waals surface area contributed by atoms with Crippen LogP contribution in [-0.2, 0) is 0 Å². The van der Waals surface area contributed by atoms with Crippen LogP contribution in [0.3, 0.4) is 0 Å². The lowest BCUT2D eigenvalue weighted by Crippen LogP contribution is -2.53. The van der Waals surface area contributed by atoms with Crippen molar-refractivity contribution in [2.45, 2.75) is 78.7 Å². The standard InChI is InChI=1S/C19H38N2/c1-5-12-20-18-17(10-7-11-19(18,3)4)15-21-13-8-9-16(6-2)14-21/h16-18,20H,5-15H2,1-4H3. The maximum absolute atomic E-state index is 3.90. The predicted octanol–water partition coefficient (Wildman–Crippen LogP) is 4.30. The van der Waals surface area contributed by atoms with Crippen molar-refractivity contribution in [2.75, 3.05) is 26.2 Å². The van der Waals surface area contributed by atoms with Crippen molar-refractivity contribution in [1.29, 1.82) is 0 Å². The fourth-order valence-electron chi connectivity index (χ4n) is 4.70. The molecule has 1 saturated carbocycles. The lowest BCUT2D eigenvalue weighted by molar-refractivity contribution is 0.0633. The van der Waals surface area contributed by atoms with Gasteiger partial charge in [-0.25, -0.2) is 0 Å². The van der Waals surface area contributed by atoms with Crippen molar-refractivity contribution in [3.63, 3.8) is 0 Å². The highest BCUT2D eigenvalue weighted by molar-refractivity contribution is 4.94. The molecule has 124 valence electrons. The van der Waals surface area contributed by atoms with E-state index >= 15 is 0 Å². The Morgan fingerprint density at radius 3 is 2.67 bits per heavy atom. The number of hydrogen-bond acceptors (Lipinski definition) is 2. The highest BCUT2D eigenvalue weighted by atomic mass is 15.1. The third-order valence-corrected chi connectivity index (χ3v) is 6.00. The molecular weight excluding hydrogens is 256 g/mol.